The molecule has 0 N–H and O–H groups in total. The molecule has 16 heavy (non-hydrogen) atoms. The van der Waals surface area contributed by atoms with Gasteiger partial charge in [0.15, 0.2) is 0 Å². The molecule has 0 heterocycles. The van der Waals surface area contributed by atoms with Crippen LogP contribution in [0.2, 0.25) is 0 Å². The second-order valence-corrected chi connectivity index (χ2v) is 5.74. The van der Waals surface area contributed by atoms with Crippen molar-refractivity contribution < 1.29 is 4.79 Å². The zero-order valence-corrected chi connectivity index (χ0v) is 12.1. The predicted octanol–water partition coefficient (Wildman–Crippen LogP) is 3.36. The summed E-state index contributed by atoms with van der Waals surface area (Å²) in [4.78, 5) is 14.0. The Morgan fingerprint density at radius 3 is 2.19 bits per heavy atom. The molecule has 0 aromatic heterocycles. The second kappa shape index (κ2) is 6.39. The minimum absolute atomic E-state index is 0.193. The topological polar surface area (TPSA) is 20.3 Å². The lowest BCUT2D eigenvalue weighted by molar-refractivity contribution is -0.127. The van der Waals surface area contributed by atoms with Crippen LogP contribution in [0.3, 0.4) is 0 Å². The van der Waals surface area contributed by atoms with E-state index in [-0.39, 0.29) is 5.41 Å². The Morgan fingerprint density at radius 1 is 1.31 bits per heavy atom. The Hall–Kier alpha value is -0.370. The van der Waals surface area contributed by atoms with Crippen LogP contribution in [0.5, 0.6) is 0 Å². The summed E-state index contributed by atoms with van der Waals surface area (Å²) in [5.74, 6) is 0.727. The average Bonchev–Trinajstić information content (AvgIpc) is 2.17. The van der Waals surface area contributed by atoms with Crippen molar-refractivity contribution in [2.24, 2.45) is 11.3 Å². The van der Waals surface area contributed by atoms with E-state index >= 15 is 0 Å². The van der Waals surface area contributed by atoms with Gasteiger partial charge in [-0.25, -0.2) is 0 Å². The van der Waals surface area contributed by atoms with E-state index in [1.54, 1.807) is 6.92 Å². The first-order valence-electron chi connectivity index (χ1n) is 6.44. The first-order chi connectivity index (χ1) is 7.23. The fraction of sp³-hybridized carbons (Fsp3) is 0.929. The van der Waals surface area contributed by atoms with Crippen LogP contribution >= 0.6 is 0 Å². The standard InChI is InChI=1S/C14H29NO/c1-8-9-15(7)12(3)10-11(2)14(5,6)13(4)16/h11-12H,8-10H2,1-7H3. The largest absolute Gasteiger partial charge is 0.304 e. The SMILES string of the molecule is CCCN(C)C(C)CC(C)C(C)(C)C(C)=O. The Labute approximate surface area is 101 Å². The molecule has 0 rings (SSSR count). The molecular weight excluding hydrogens is 198 g/mol. The van der Waals surface area contributed by atoms with Crippen molar-refractivity contribution in [2.75, 3.05) is 13.6 Å². The number of carbonyl (C=O) groups excluding carboxylic acids is 1. The van der Waals surface area contributed by atoms with Gasteiger partial charge in [0.25, 0.3) is 0 Å². The monoisotopic (exact) mass is 227 g/mol. The van der Waals surface area contributed by atoms with Crippen molar-refractivity contribution >= 4 is 5.78 Å². The molecule has 2 heteroatoms. The molecule has 0 amide bonds. The molecule has 0 fully saturated rings. The molecule has 0 saturated carbocycles. The van der Waals surface area contributed by atoms with Crippen molar-refractivity contribution in [1.82, 2.24) is 4.90 Å². The van der Waals surface area contributed by atoms with Gasteiger partial charge in [0.2, 0.25) is 0 Å². The number of hydrogen-bond acceptors (Lipinski definition) is 2. The summed E-state index contributed by atoms with van der Waals surface area (Å²) >= 11 is 0. The van der Waals surface area contributed by atoms with Crippen LogP contribution in [0.25, 0.3) is 0 Å². The van der Waals surface area contributed by atoms with Crippen molar-refractivity contribution in [3.8, 4) is 0 Å². The van der Waals surface area contributed by atoms with Gasteiger partial charge in [-0.15, -0.1) is 0 Å². The van der Waals surface area contributed by atoms with E-state index in [0.717, 1.165) is 13.0 Å². The van der Waals surface area contributed by atoms with Gasteiger partial charge in [0.1, 0.15) is 5.78 Å². The molecule has 96 valence electrons. The van der Waals surface area contributed by atoms with Gasteiger partial charge in [0.05, 0.1) is 0 Å². The lowest BCUT2D eigenvalue weighted by atomic mass is 9.74. The van der Waals surface area contributed by atoms with Crippen LogP contribution < -0.4 is 0 Å². The molecular formula is C14H29NO. The quantitative estimate of drug-likeness (QED) is 0.664. The van der Waals surface area contributed by atoms with E-state index in [1.165, 1.54) is 6.42 Å². The molecule has 2 atom stereocenters. The highest BCUT2D eigenvalue weighted by molar-refractivity contribution is 5.81. The summed E-state index contributed by atoms with van der Waals surface area (Å²) in [6.45, 7) is 13.6. The third-order valence-corrected chi connectivity index (χ3v) is 4.16. The van der Waals surface area contributed by atoms with Crippen molar-refractivity contribution in [3.05, 3.63) is 0 Å². The highest BCUT2D eigenvalue weighted by Crippen LogP contribution is 2.31. The molecule has 0 radical (unpaired) electrons. The molecule has 0 bridgehead atoms. The number of carbonyl (C=O) groups is 1. The highest BCUT2D eigenvalue weighted by Gasteiger charge is 2.31. The molecule has 0 spiro atoms. The van der Waals surface area contributed by atoms with Crippen LogP contribution in [0.15, 0.2) is 0 Å². The number of Topliss-reactive ketones (excluding diaryl/α,β-unsaturated/α-hetero) is 1. The van der Waals surface area contributed by atoms with E-state index in [2.05, 4.69) is 46.6 Å². The molecule has 0 aliphatic heterocycles. The minimum Gasteiger partial charge on any atom is -0.304 e. The van der Waals surface area contributed by atoms with E-state index < -0.39 is 0 Å². The number of ketones is 1. The van der Waals surface area contributed by atoms with Gasteiger partial charge >= 0.3 is 0 Å². The average molecular weight is 227 g/mol. The zero-order chi connectivity index (χ0) is 12.9. The molecule has 2 nitrogen and oxygen atoms in total. The second-order valence-electron chi connectivity index (χ2n) is 5.74. The van der Waals surface area contributed by atoms with Crippen LogP contribution in [0.4, 0.5) is 0 Å². The molecule has 0 aromatic rings. The summed E-state index contributed by atoms with van der Waals surface area (Å²) in [5, 5.41) is 0. The van der Waals surface area contributed by atoms with Crippen LogP contribution in [-0.4, -0.2) is 30.3 Å². The fourth-order valence-electron chi connectivity index (χ4n) is 1.91. The minimum atomic E-state index is -0.193. The molecule has 2 unspecified atom stereocenters. The third-order valence-electron chi connectivity index (χ3n) is 4.16. The lowest BCUT2D eigenvalue weighted by Crippen LogP contribution is -2.37. The van der Waals surface area contributed by atoms with Crippen molar-refractivity contribution in [1.29, 1.82) is 0 Å². The number of nitrogens with zero attached hydrogens (tertiary/aromatic N) is 1. The lowest BCUT2D eigenvalue weighted by Gasteiger charge is -2.34. The molecule has 0 aliphatic carbocycles. The summed E-state index contributed by atoms with van der Waals surface area (Å²) in [5.41, 5.74) is -0.193. The maximum absolute atomic E-state index is 11.6. The normalized spacial score (nSPS) is 16.2. The molecule has 0 aromatic carbocycles. The van der Waals surface area contributed by atoms with Gasteiger partial charge in [-0.05, 0) is 46.2 Å². The van der Waals surface area contributed by atoms with Crippen molar-refractivity contribution in [3.63, 3.8) is 0 Å². The zero-order valence-electron chi connectivity index (χ0n) is 12.1. The molecule has 0 saturated heterocycles. The summed E-state index contributed by atoms with van der Waals surface area (Å²) in [6, 6.07) is 0.550. The van der Waals surface area contributed by atoms with Crippen LogP contribution in [0.1, 0.15) is 54.4 Å². The maximum Gasteiger partial charge on any atom is 0.135 e. The van der Waals surface area contributed by atoms with Gasteiger partial charge in [-0.3, -0.25) is 4.79 Å². The fourth-order valence-corrected chi connectivity index (χ4v) is 1.91. The third kappa shape index (κ3) is 4.25. The van der Waals surface area contributed by atoms with E-state index in [1.807, 2.05) is 0 Å². The van der Waals surface area contributed by atoms with E-state index in [4.69, 9.17) is 0 Å². The van der Waals surface area contributed by atoms with Crippen LogP contribution in [0, 0.1) is 11.3 Å². The van der Waals surface area contributed by atoms with Crippen molar-refractivity contribution in [2.45, 2.75) is 60.4 Å². The Morgan fingerprint density at radius 2 is 1.81 bits per heavy atom. The summed E-state index contributed by atoms with van der Waals surface area (Å²) in [7, 11) is 2.17. The first-order valence-corrected chi connectivity index (χ1v) is 6.44. The van der Waals surface area contributed by atoms with Gasteiger partial charge in [-0.2, -0.15) is 0 Å². The van der Waals surface area contributed by atoms with Gasteiger partial charge in [0, 0.05) is 11.5 Å². The van der Waals surface area contributed by atoms with E-state index in [9.17, 15) is 4.79 Å². The Bertz CT molecular complexity index is 223. The maximum atomic E-state index is 11.6. The van der Waals surface area contributed by atoms with E-state index in [0.29, 0.717) is 17.7 Å². The summed E-state index contributed by atoms with van der Waals surface area (Å²) < 4.78 is 0. The number of rotatable bonds is 7. The summed E-state index contributed by atoms with van der Waals surface area (Å²) in [6.07, 6.45) is 2.27. The smallest absolute Gasteiger partial charge is 0.135 e. The number of hydrogen-bond donors (Lipinski definition) is 0. The first kappa shape index (κ1) is 15.6. The van der Waals surface area contributed by atoms with Gasteiger partial charge in [-0.1, -0.05) is 27.7 Å². The molecule has 0 aliphatic rings. The predicted molar refractivity (Wildman–Crippen MR) is 70.6 cm³/mol. The Kier molecular flexibility index (Phi) is 6.24. The Balaban J connectivity index is 4.33. The highest BCUT2D eigenvalue weighted by atomic mass is 16.1. The van der Waals surface area contributed by atoms with Gasteiger partial charge < -0.3 is 4.90 Å². The van der Waals surface area contributed by atoms with Crippen LogP contribution in [-0.2, 0) is 4.79 Å².